The third-order valence-corrected chi connectivity index (χ3v) is 2.57. The Hall–Kier alpha value is -0.0800. The lowest BCUT2D eigenvalue weighted by Gasteiger charge is -2.34. The van der Waals surface area contributed by atoms with Crippen LogP contribution in [0.3, 0.4) is 0 Å². The molecule has 1 fully saturated rings. The Balaban J connectivity index is 2.41. The van der Waals surface area contributed by atoms with Gasteiger partial charge in [0.25, 0.3) is 0 Å². The van der Waals surface area contributed by atoms with Crippen molar-refractivity contribution in [2.24, 2.45) is 0 Å². The maximum atomic E-state index is 5.38. The van der Waals surface area contributed by atoms with Gasteiger partial charge in [-0.1, -0.05) is 6.92 Å². The van der Waals surface area contributed by atoms with Crippen LogP contribution in [-0.4, -0.2) is 25.3 Å². The first-order valence-electron chi connectivity index (χ1n) is 4.56. The van der Waals surface area contributed by atoms with E-state index < -0.39 is 0 Å². The minimum Gasteiger partial charge on any atom is -0.380 e. The van der Waals surface area contributed by atoms with Crippen LogP contribution in [0.25, 0.3) is 0 Å². The number of ether oxygens (including phenoxy) is 1. The fourth-order valence-electron chi connectivity index (χ4n) is 1.83. The van der Waals surface area contributed by atoms with Gasteiger partial charge in [0.2, 0.25) is 0 Å². The van der Waals surface area contributed by atoms with Crippen molar-refractivity contribution in [3.63, 3.8) is 0 Å². The molecule has 0 saturated carbocycles. The van der Waals surface area contributed by atoms with Crippen LogP contribution in [0, 0.1) is 0 Å². The summed E-state index contributed by atoms with van der Waals surface area (Å²) in [7, 11) is 1.81. The maximum absolute atomic E-state index is 5.38. The predicted octanol–water partition coefficient (Wildman–Crippen LogP) is 1.55. The highest BCUT2D eigenvalue weighted by Gasteiger charge is 2.25. The molecule has 0 radical (unpaired) electrons. The van der Waals surface area contributed by atoms with E-state index in [-0.39, 0.29) is 0 Å². The third kappa shape index (κ3) is 2.17. The highest BCUT2D eigenvalue weighted by molar-refractivity contribution is 4.84. The zero-order valence-corrected chi connectivity index (χ0v) is 7.76. The van der Waals surface area contributed by atoms with E-state index in [1.807, 2.05) is 7.11 Å². The van der Waals surface area contributed by atoms with E-state index in [2.05, 4.69) is 19.2 Å². The van der Waals surface area contributed by atoms with Crippen LogP contribution in [0.4, 0.5) is 0 Å². The molecule has 2 heteroatoms. The van der Waals surface area contributed by atoms with E-state index >= 15 is 0 Å². The van der Waals surface area contributed by atoms with E-state index in [0.717, 1.165) is 0 Å². The monoisotopic (exact) mass is 157 g/mol. The van der Waals surface area contributed by atoms with Crippen LogP contribution in [0.2, 0.25) is 0 Å². The Labute approximate surface area is 69.3 Å². The molecule has 0 aromatic rings. The Morgan fingerprint density at radius 1 is 1.45 bits per heavy atom. The van der Waals surface area contributed by atoms with Crippen LogP contribution >= 0.6 is 0 Å². The fraction of sp³-hybridized carbons (Fsp3) is 1.00. The van der Waals surface area contributed by atoms with Gasteiger partial charge in [0.05, 0.1) is 6.10 Å². The summed E-state index contributed by atoms with van der Waals surface area (Å²) in [6.07, 6.45) is 4.07. The molecule has 11 heavy (non-hydrogen) atoms. The smallest absolute Gasteiger partial charge is 0.0724 e. The van der Waals surface area contributed by atoms with Crippen LogP contribution in [0.1, 0.15) is 33.1 Å². The van der Waals surface area contributed by atoms with Crippen molar-refractivity contribution in [1.29, 1.82) is 0 Å². The minimum absolute atomic E-state index is 0.441. The van der Waals surface area contributed by atoms with E-state index in [9.17, 15) is 0 Å². The molecule has 0 aliphatic carbocycles. The fourth-order valence-corrected chi connectivity index (χ4v) is 1.83. The molecule has 0 aromatic heterocycles. The van der Waals surface area contributed by atoms with Gasteiger partial charge in [-0.15, -0.1) is 0 Å². The zero-order chi connectivity index (χ0) is 8.27. The zero-order valence-electron chi connectivity index (χ0n) is 7.76. The van der Waals surface area contributed by atoms with Gasteiger partial charge < -0.3 is 10.1 Å². The molecule has 1 aliphatic heterocycles. The van der Waals surface area contributed by atoms with Crippen molar-refractivity contribution in [2.45, 2.75) is 51.3 Å². The summed E-state index contributed by atoms with van der Waals surface area (Å²) in [6, 6.07) is 1.25. The quantitative estimate of drug-likeness (QED) is 0.656. The van der Waals surface area contributed by atoms with Gasteiger partial charge in [-0.2, -0.15) is 0 Å². The Morgan fingerprint density at radius 2 is 2.18 bits per heavy atom. The van der Waals surface area contributed by atoms with Gasteiger partial charge >= 0.3 is 0 Å². The molecule has 1 saturated heterocycles. The molecule has 3 atom stereocenters. The van der Waals surface area contributed by atoms with Crippen LogP contribution < -0.4 is 5.32 Å². The molecule has 1 N–H and O–H groups in total. The first-order valence-corrected chi connectivity index (χ1v) is 4.56. The summed E-state index contributed by atoms with van der Waals surface area (Å²) in [5, 5.41) is 3.54. The highest BCUT2D eigenvalue weighted by atomic mass is 16.5. The summed E-state index contributed by atoms with van der Waals surface area (Å²) in [6.45, 7) is 4.45. The molecule has 1 rings (SSSR count). The molecule has 1 heterocycles. The van der Waals surface area contributed by atoms with Gasteiger partial charge in [-0.3, -0.25) is 0 Å². The topological polar surface area (TPSA) is 21.3 Å². The van der Waals surface area contributed by atoms with Gasteiger partial charge in [0.1, 0.15) is 0 Å². The predicted molar refractivity (Wildman–Crippen MR) is 46.7 cm³/mol. The Kier molecular flexibility index (Phi) is 3.34. The standard InChI is InChI=1S/C9H19NO/c1-4-8-9(11-3)6-5-7(2)10-8/h7-10H,4-6H2,1-3H3. The van der Waals surface area contributed by atoms with Crippen molar-refractivity contribution >= 4 is 0 Å². The van der Waals surface area contributed by atoms with Crippen molar-refractivity contribution in [2.75, 3.05) is 7.11 Å². The van der Waals surface area contributed by atoms with Crippen LogP contribution in [-0.2, 0) is 4.74 Å². The van der Waals surface area contributed by atoms with Gasteiger partial charge in [0, 0.05) is 19.2 Å². The second kappa shape index (κ2) is 4.07. The number of piperidine rings is 1. The highest BCUT2D eigenvalue weighted by Crippen LogP contribution is 2.17. The third-order valence-electron chi connectivity index (χ3n) is 2.57. The van der Waals surface area contributed by atoms with Crippen LogP contribution in [0.15, 0.2) is 0 Å². The first-order chi connectivity index (χ1) is 5.27. The summed E-state index contributed by atoms with van der Waals surface area (Å²) in [5.41, 5.74) is 0. The molecule has 3 unspecified atom stereocenters. The second-order valence-corrected chi connectivity index (χ2v) is 3.43. The summed E-state index contributed by atoms with van der Waals surface area (Å²) >= 11 is 0. The van der Waals surface area contributed by atoms with E-state index in [1.54, 1.807) is 0 Å². The molecule has 1 aliphatic rings. The van der Waals surface area contributed by atoms with Crippen molar-refractivity contribution in [1.82, 2.24) is 5.32 Å². The van der Waals surface area contributed by atoms with E-state index in [4.69, 9.17) is 4.74 Å². The number of methoxy groups -OCH3 is 1. The SMILES string of the molecule is CCC1NC(C)CCC1OC. The second-order valence-electron chi connectivity index (χ2n) is 3.43. The number of rotatable bonds is 2. The number of hydrogen-bond donors (Lipinski definition) is 1. The lowest BCUT2D eigenvalue weighted by atomic mass is 9.95. The molecule has 66 valence electrons. The normalized spacial score (nSPS) is 39.0. The van der Waals surface area contributed by atoms with E-state index in [1.165, 1.54) is 19.3 Å². The Morgan fingerprint density at radius 3 is 2.73 bits per heavy atom. The first kappa shape index (κ1) is 9.01. The Bertz CT molecular complexity index is 116. The molecular formula is C9H19NO. The summed E-state index contributed by atoms with van der Waals surface area (Å²) in [4.78, 5) is 0. The average molecular weight is 157 g/mol. The van der Waals surface area contributed by atoms with Crippen molar-refractivity contribution in [3.8, 4) is 0 Å². The average Bonchev–Trinajstić information content (AvgIpc) is 2.04. The lowest BCUT2D eigenvalue weighted by molar-refractivity contribution is 0.0346. The van der Waals surface area contributed by atoms with Gasteiger partial charge in [-0.05, 0) is 26.2 Å². The van der Waals surface area contributed by atoms with Gasteiger partial charge in [-0.25, -0.2) is 0 Å². The van der Waals surface area contributed by atoms with Crippen molar-refractivity contribution < 1.29 is 4.74 Å². The van der Waals surface area contributed by atoms with E-state index in [0.29, 0.717) is 18.2 Å². The maximum Gasteiger partial charge on any atom is 0.0724 e. The largest absolute Gasteiger partial charge is 0.380 e. The van der Waals surface area contributed by atoms with Crippen molar-refractivity contribution in [3.05, 3.63) is 0 Å². The molecule has 0 bridgehead atoms. The number of nitrogens with one attached hydrogen (secondary N) is 1. The minimum atomic E-state index is 0.441. The van der Waals surface area contributed by atoms with Crippen LogP contribution in [0.5, 0.6) is 0 Å². The molecule has 0 spiro atoms. The number of hydrogen-bond acceptors (Lipinski definition) is 2. The summed E-state index contributed by atoms with van der Waals surface area (Å²) < 4.78 is 5.38. The molecule has 0 aromatic carbocycles. The summed E-state index contributed by atoms with van der Waals surface area (Å²) in [5.74, 6) is 0. The lowest BCUT2D eigenvalue weighted by Crippen LogP contribution is -2.49. The molecule has 2 nitrogen and oxygen atoms in total. The molecule has 0 amide bonds. The molecular weight excluding hydrogens is 138 g/mol. The van der Waals surface area contributed by atoms with Gasteiger partial charge in [0.15, 0.2) is 0 Å².